The van der Waals surface area contributed by atoms with Crippen LogP contribution < -0.4 is 9.67 Å². The van der Waals surface area contributed by atoms with Crippen molar-refractivity contribution in [1.82, 2.24) is 4.98 Å². The van der Waals surface area contributed by atoms with Crippen LogP contribution in [0.25, 0.3) is 0 Å². The van der Waals surface area contributed by atoms with Crippen LogP contribution in [0.5, 0.6) is 0 Å². The summed E-state index contributed by atoms with van der Waals surface area (Å²) in [5.41, 5.74) is 0. The summed E-state index contributed by atoms with van der Waals surface area (Å²) in [6.45, 7) is 11.6. The average Bonchev–Trinajstić information content (AvgIpc) is 3.25. The minimum absolute atomic E-state index is 0.549. The molecule has 1 rings (SSSR count). The first-order chi connectivity index (χ1) is 16.1. The van der Waals surface area contributed by atoms with E-state index in [-0.39, 0.29) is 0 Å². The topological polar surface area (TPSA) is 124 Å². The lowest BCUT2D eigenvalue weighted by molar-refractivity contribution is -0.699. The Morgan fingerprint density at radius 3 is 1.52 bits per heavy atom. The van der Waals surface area contributed by atoms with Gasteiger partial charge in [-0.3, -0.25) is 0 Å². The molecule has 0 unspecified atom stereocenters. The third kappa shape index (κ3) is 23.4. The first-order valence-corrected chi connectivity index (χ1v) is 11.3. The number of hydrogen-bond acceptors (Lipinski definition) is 9. The van der Waals surface area contributed by atoms with Crippen molar-refractivity contribution >= 4 is 5.97 Å². The number of aromatic nitrogens is 2. The van der Waals surface area contributed by atoms with Crippen molar-refractivity contribution in [3.05, 3.63) is 18.2 Å². The maximum atomic E-state index is 8.89. The number of hydrogen-bond donors (Lipinski definition) is 1. The Hall–Kier alpha value is -1.60. The number of aromatic amines is 1. The van der Waals surface area contributed by atoms with Crippen molar-refractivity contribution in [3.8, 4) is 0 Å². The number of rotatable bonds is 22. The van der Waals surface area contributed by atoms with Gasteiger partial charge in [-0.1, -0.05) is 0 Å². The van der Waals surface area contributed by atoms with Crippen molar-refractivity contribution in [2.45, 2.75) is 26.8 Å². The van der Waals surface area contributed by atoms with Crippen molar-refractivity contribution in [2.24, 2.45) is 0 Å². The van der Waals surface area contributed by atoms with E-state index in [0.29, 0.717) is 85.9 Å². The molecule has 0 bridgehead atoms. The number of carboxylic acids is 1. The zero-order valence-corrected chi connectivity index (χ0v) is 20.4. The lowest BCUT2D eigenvalue weighted by Gasteiger charge is -2.08. The van der Waals surface area contributed by atoms with E-state index in [1.165, 1.54) is 5.82 Å². The van der Waals surface area contributed by atoms with Gasteiger partial charge in [0.05, 0.1) is 98.9 Å². The highest BCUT2D eigenvalue weighted by atomic mass is 16.6. The van der Waals surface area contributed by atoms with Crippen LogP contribution in [0, 0.1) is 0 Å². The number of carbonyl (C=O) groups is 1. The van der Waals surface area contributed by atoms with Crippen LogP contribution >= 0.6 is 0 Å². The number of aliphatic carboxylic acids is 1. The molecule has 1 aromatic heterocycles. The molecular formula is C22H42N2O9. The van der Waals surface area contributed by atoms with E-state index in [2.05, 4.69) is 16.5 Å². The molecule has 1 heterocycles. The molecular weight excluding hydrogens is 436 g/mol. The molecule has 0 amide bonds. The van der Waals surface area contributed by atoms with Gasteiger partial charge < -0.3 is 43.1 Å². The zero-order chi connectivity index (χ0) is 24.4. The molecule has 0 saturated heterocycles. The molecule has 0 fully saturated rings. The summed E-state index contributed by atoms with van der Waals surface area (Å²) < 4.78 is 39.7. The summed E-state index contributed by atoms with van der Waals surface area (Å²) in [6.07, 6.45) is 4.86. The molecule has 0 aliphatic rings. The number of ether oxygens (including phenoxy) is 7. The van der Waals surface area contributed by atoms with E-state index in [0.717, 1.165) is 19.9 Å². The molecule has 194 valence electrons. The highest BCUT2D eigenvalue weighted by Gasteiger charge is 2.07. The molecule has 11 nitrogen and oxygen atoms in total. The lowest BCUT2D eigenvalue weighted by Crippen LogP contribution is -2.35. The summed E-state index contributed by atoms with van der Waals surface area (Å²) in [5.74, 6) is 0.0996. The van der Waals surface area contributed by atoms with Gasteiger partial charge in [0, 0.05) is 13.1 Å². The second-order valence-corrected chi connectivity index (χ2v) is 6.60. The summed E-state index contributed by atoms with van der Waals surface area (Å²) >= 11 is 0. The van der Waals surface area contributed by atoms with Gasteiger partial charge in [-0.15, -0.1) is 0 Å². The fourth-order valence-corrected chi connectivity index (χ4v) is 2.42. The molecule has 0 saturated carbocycles. The Balaban J connectivity index is 0.00000235. The van der Waals surface area contributed by atoms with Gasteiger partial charge >= 0.3 is 0 Å². The van der Waals surface area contributed by atoms with E-state index in [1.54, 1.807) is 7.11 Å². The minimum atomic E-state index is -1.08. The summed E-state index contributed by atoms with van der Waals surface area (Å²) in [5, 5.41) is 8.89. The number of nitrogens with zero attached hydrogens (tertiary/aromatic N) is 1. The Labute approximate surface area is 197 Å². The van der Waals surface area contributed by atoms with E-state index in [9.17, 15) is 0 Å². The van der Waals surface area contributed by atoms with Crippen molar-refractivity contribution in [1.29, 1.82) is 0 Å². The fourth-order valence-electron chi connectivity index (χ4n) is 2.42. The van der Waals surface area contributed by atoms with Crippen molar-refractivity contribution in [3.63, 3.8) is 0 Å². The number of carboxylic acid groups (broad SMARTS) is 1. The normalized spacial score (nSPS) is 10.8. The average molecular weight is 479 g/mol. The van der Waals surface area contributed by atoms with Crippen LogP contribution in [0.2, 0.25) is 0 Å². The van der Waals surface area contributed by atoms with E-state index < -0.39 is 5.97 Å². The summed E-state index contributed by atoms with van der Waals surface area (Å²) in [7, 11) is 1.65. The molecule has 0 aliphatic carbocycles. The number of imidazole rings is 1. The van der Waals surface area contributed by atoms with Crippen LogP contribution in [0.3, 0.4) is 0 Å². The van der Waals surface area contributed by atoms with Gasteiger partial charge in [0.1, 0.15) is 12.4 Å². The summed E-state index contributed by atoms with van der Waals surface area (Å²) in [4.78, 5) is 12.1. The monoisotopic (exact) mass is 478 g/mol. The predicted molar refractivity (Wildman–Crippen MR) is 118 cm³/mol. The van der Waals surface area contributed by atoms with Gasteiger partial charge in [0.15, 0.2) is 0 Å². The maximum absolute atomic E-state index is 8.89. The standard InChI is InChI=1S/C20H38N2O7.C2H4O2/c1-3-22-6-5-21-20(22)4-7-24-10-11-26-14-15-28-18-19-29-17-16-27-13-12-25-9-8-23-2;1-2(3)4/h5-6H,3-4,7-19H2,1-2H3;1H3,(H,3,4). The Kier molecular flexibility index (Phi) is 23.8. The molecule has 0 radical (unpaired) electrons. The lowest BCUT2D eigenvalue weighted by atomic mass is 10.4. The molecule has 11 heteroatoms. The minimum Gasteiger partial charge on any atom is -0.550 e. The van der Waals surface area contributed by atoms with E-state index in [4.69, 9.17) is 43.1 Å². The van der Waals surface area contributed by atoms with Gasteiger partial charge in [0.2, 0.25) is 0 Å². The van der Waals surface area contributed by atoms with Crippen LogP contribution in [0.15, 0.2) is 12.4 Å². The largest absolute Gasteiger partial charge is 0.550 e. The molecule has 0 atom stereocenters. The van der Waals surface area contributed by atoms with Gasteiger partial charge in [-0.2, -0.15) is 0 Å². The quantitative estimate of drug-likeness (QED) is 0.171. The SMILES string of the molecule is CC(=O)[O-].CC[n+]1cc[nH]c1CCOCCOCCOCCOCCOCCOCCOC. The van der Waals surface area contributed by atoms with Gasteiger partial charge in [-0.05, 0) is 13.8 Å². The van der Waals surface area contributed by atoms with E-state index >= 15 is 0 Å². The van der Waals surface area contributed by atoms with Crippen molar-refractivity contribution in [2.75, 3.05) is 93.0 Å². The van der Waals surface area contributed by atoms with E-state index in [1.807, 2.05) is 12.4 Å². The second kappa shape index (κ2) is 25.0. The molecule has 1 aromatic rings. The first kappa shape index (κ1) is 31.4. The summed E-state index contributed by atoms with van der Waals surface area (Å²) in [6, 6.07) is 0. The molecule has 0 aromatic carbocycles. The van der Waals surface area contributed by atoms with Gasteiger partial charge in [0.25, 0.3) is 5.82 Å². The van der Waals surface area contributed by atoms with Gasteiger partial charge in [-0.25, -0.2) is 9.55 Å². The highest BCUT2D eigenvalue weighted by molar-refractivity contribution is 5.60. The van der Waals surface area contributed by atoms with Crippen LogP contribution in [-0.4, -0.2) is 104 Å². The molecule has 1 N–H and O–H groups in total. The molecule has 0 spiro atoms. The number of nitrogens with one attached hydrogen (secondary N) is 1. The maximum Gasteiger partial charge on any atom is 0.256 e. The number of methoxy groups -OCH3 is 1. The predicted octanol–water partition coefficient (Wildman–Crippen LogP) is -0.633. The van der Waals surface area contributed by atoms with Crippen LogP contribution in [0.1, 0.15) is 19.7 Å². The number of carbonyl (C=O) groups excluding carboxylic acids is 1. The third-order valence-corrected chi connectivity index (χ3v) is 3.97. The van der Waals surface area contributed by atoms with Crippen LogP contribution in [-0.2, 0) is 50.9 Å². The third-order valence-electron chi connectivity index (χ3n) is 3.97. The fraction of sp³-hybridized carbons (Fsp3) is 0.818. The number of H-pyrrole nitrogens is 1. The Morgan fingerprint density at radius 2 is 1.15 bits per heavy atom. The van der Waals surface area contributed by atoms with Crippen molar-refractivity contribution < 1.29 is 47.6 Å². The van der Waals surface area contributed by atoms with Crippen LogP contribution in [0.4, 0.5) is 0 Å². The smallest absolute Gasteiger partial charge is 0.256 e. The zero-order valence-electron chi connectivity index (χ0n) is 20.4. The number of aryl methyl sites for hydroxylation is 1. The Bertz CT molecular complexity index is 540. The first-order valence-electron chi connectivity index (χ1n) is 11.3. The second-order valence-electron chi connectivity index (χ2n) is 6.60. The molecule has 0 aliphatic heterocycles. The molecule has 33 heavy (non-hydrogen) atoms. The Morgan fingerprint density at radius 1 is 0.788 bits per heavy atom. The highest BCUT2D eigenvalue weighted by Crippen LogP contribution is 1.90.